The lowest BCUT2D eigenvalue weighted by molar-refractivity contribution is 0.402. The first kappa shape index (κ1) is 14.8. The van der Waals surface area contributed by atoms with Gasteiger partial charge in [-0.2, -0.15) is 4.98 Å². The quantitative estimate of drug-likeness (QED) is 0.816. The summed E-state index contributed by atoms with van der Waals surface area (Å²) in [6.45, 7) is 4.23. The first-order valence-electron chi connectivity index (χ1n) is 7.69. The third kappa shape index (κ3) is 2.63. The Bertz CT molecular complexity index is 768. The highest BCUT2D eigenvalue weighted by molar-refractivity contribution is 5.51. The second-order valence-corrected chi connectivity index (χ2v) is 6.41. The van der Waals surface area contributed by atoms with Crippen molar-refractivity contribution in [1.29, 1.82) is 0 Å². The van der Waals surface area contributed by atoms with Crippen molar-refractivity contribution >= 4 is 0 Å². The molecule has 0 N–H and O–H groups in total. The molecule has 5 nitrogen and oxygen atoms in total. The van der Waals surface area contributed by atoms with Crippen LogP contribution >= 0.6 is 0 Å². The van der Waals surface area contributed by atoms with Crippen molar-refractivity contribution < 1.29 is 4.52 Å². The summed E-state index contributed by atoms with van der Waals surface area (Å²) < 4.78 is 7.16. The molecule has 0 atom stereocenters. The number of aromatic nitrogens is 3. The van der Waals surface area contributed by atoms with Gasteiger partial charge in [-0.15, -0.1) is 0 Å². The molecule has 116 valence electrons. The van der Waals surface area contributed by atoms with Gasteiger partial charge in [-0.1, -0.05) is 16.8 Å². The molecule has 0 aliphatic heterocycles. The molecular weight excluding hydrogens is 278 g/mol. The molecule has 1 aliphatic carbocycles. The van der Waals surface area contributed by atoms with Crippen LogP contribution in [0.1, 0.15) is 45.4 Å². The van der Waals surface area contributed by atoms with Crippen molar-refractivity contribution in [3.8, 4) is 11.5 Å². The van der Waals surface area contributed by atoms with Gasteiger partial charge in [0.05, 0.1) is 0 Å². The van der Waals surface area contributed by atoms with E-state index in [0.717, 1.165) is 12.8 Å². The van der Waals surface area contributed by atoms with E-state index in [1.807, 2.05) is 7.05 Å². The van der Waals surface area contributed by atoms with Crippen LogP contribution in [0.5, 0.6) is 0 Å². The summed E-state index contributed by atoms with van der Waals surface area (Å²) in [4.78, 5) is 16.5. The molecule has 22 heavy (non-hydrogen) atoms. The average molecular weight is 299 g/mol. The smallest absolute Gasteiger partial charge is 0.263 e. The molecule has 0 aromatic carbocycles. The third-order valence-electron chi connectivity index (χ3n) is 4.37. The molecule has 1 aliphatic rings. The number of allylic oxidation sites excluding steroid dienone is 2. The first-order valence-corrected chi connectivity index (χ1v) is 7.69. The van der Waals surface area contributed by atoms with Crippen molar-refractivity contribution in [3.05, 3.63) is 46.2 Å². The topological polar surface area (TPSA) is 60.9 Å². The van der Waals surface area contributed by atoms with Crippen LogP contribution < -0.4 is 5.43 Å². The Kier molecular flexibility index (Phi) is 3.72. The van der Waals surface area contributed by atoms with E-state index in [9.17, 15) is 4.79 Å². The van der Waals surface area contributed by atoms with Crippen LogP contribution in [0.3, 0.4) is 0 Å². The average Bonchev–Trinajstić information content (AvgIpc) is 3.01. The van der Waals surface area contributed by atoms with E-state index in [1.54, 1.807) is 17.0 Å². The monoisotopic (exact) mass is 299 g/mol. The van der Waals surface area contributed by atoms with E-state index >= 15 is 0 Å². The van der Waals surface area contributed by atoms with Gasteiger partial charge >= 0.3 is 0 Å². The summed E-state index contributed by atoms with van der Waals surface area (Å²) in [6, 6.07) is 1.51. The van der Waals surface area contributed by atoms with Crippen LogP contribution in [0.2, 0.25) is 0 Å². The minimum Gasteiger partial charge on any atom is -0.356 e. The first-order chi connectivity index (χ1) is 10.5. The Morgan fingerprint density at radius 3 is 2.86 bits per heavy atom. The highest BCUT2D eigenvalue weighted by Crippen LogP contribution is 2.36. The van der Waals surface area contributed by atoms with Crippen LogP contribution in [0.4, 0.5) is 0 Å². The standard InChI is InChI=1S/C17H21N3O2/c1-17(2,12-7-5-4-6-8-12)16-18-15(22-19-16)13-11-20(3)10-9-14(13)21/h7,9-11H,4-6,8H2,1-3H3. The maximum absolute atomic E-state index is 12.0. The number of hydrogen-bond acceptors (Lipinski definition) is 4. The van der Waals surface area contributed by atoms with E-state index in [1.165, 1.54) is 24.5 Å². The van der Waals surface area contributed by atoms with E-state index in [0.29, 0.717) is 17.3 Å². The Morgan fingerprint density at radius 1 is 1.32 bits per heavy atom. The lowest BCUT2D eigenvalue weighted by atomic mass is 9.78. The molecule has 0 saturated heterocycles. The fourth-order valence-electron chi connectivity index (χ4n) is 2.88. The molecule has 0 amide bonds. The van der Waals surface area contributed by atoms with E-state index < -0.39 is 0 Å². The summed E-state index contributed by atoms with van der Waals surface area (Å²) in [6.07, 6.45) is 10.4. The zero-order chi connectivity index (χ0) is 15.7. The summed E-state index contributed by atoms with van der Waals surface area (Å²) in [5, 5.41) is 4.14. The maximum atomic E-state index is 12.0. The van der Waals surface area contributed by atoms with Crippen molar-refractivity contribution in [2.45, 2.75) is 44.9 Å². The Balaban J connectivity index is 1.98. The van der Waals surface area contributed by atoms with E-state index in [4.69, 9.17) is 4.52 Å². The summed E-state index contributed by atoms with van der Waals surface area (Å²) in [5.41, 5.74) is 1.43. The van der Waals surface area contributed by atoms with Crippen LogP contribution in [0.25, 0.3) is 11.5 Å². The molecule has 0 radical (unpaired) electrons. The molecule has 3 rings (SSSR count). The summed E-state index contributed by atoms with van der Waals surface area (Å²) in [7, 11) is 1.86. The van der Waals surface area contributed by atoms with Gasteiger partial charge in [0.1, 0.15) is 5.56 Å². The van der Waals surface area contributed by atoms with Crippen molar-refractivity contribution in [2.75, 3.05) is 0 Å². The predicted octanol–water partition coefficient (Wildman–Crippen LogP) is 3.21. The lowest BCUT2D eigenvalue weighted by Crippen LogP contribution is -2.23. The van der Waals surface area contributed by atoms with Gasteiger partial charge in [0.25, 0.3) is 5.89 Å². The van der Waals surface area contributed by atoms with E-state index in [-0.39, 0.29) is 10.8 Å². The largest absolute Gasteiger partial charge is 0.356 e. The van der Waals surface area contributed by atoms with Gasteiger partial charge < -0.3 is 9.09 Å². The Morgan fingerprint density at radius 2 is 2.14 bits per heavy atom. The zero-order valence-electron chi connectivity index (χ0n) is 13.3. The molecule has 2 aromatic heterocycles. The molecule has 0 fully saturated rings. The number of rotatable bonds is 3. The molecule has 2 heterocycles. The Hall–Kier alpha value is -2.17. The number of hydrogen-bond donors (Lipinski definition) is 0. The summed E-state index contributed by atoms with van der Waals surface area (Å²) >= 11 is 0. The number of nitrogens with zero attached hydrogens (tertiary/aromatic N) is 3. The third-order valence-corrected chi connectivity index (χ3v) is 4.37. The van der Waals surface area contributed by atoms with Crippen LogP contribution in [0, 0.1) is 0 Å². The maximum Gasteiger partial charge on any atom is 0.263 e. The second kappa shape index (κ2) is 5.55. The lowest BCUT2D eigenvalue weighted by Gasteiger charge is -2.27. The minimum absolute atomic E-state index is 0.108. The van der Waals surface area contributed by atoms with E-state index in [2.05, 4.69) is 30.1 Å². The number of pyridine rings is 1. The fraction of sp³-hybridized carbons (Fsp3) is 0.471. The SMILES string of the molecule is Cn1ccc(=O)c(-c2nc(C(C)(C)C3=CCCCC3)no2)c1. The predicted molar refractivity (Wildman–Crippen MR) is 84.6 cm³/mol. The molecule has 5 heteroatoms. The van der Waals surface area contributed by atoms with Gasteiger partial charge in [-0.05, 0) is 39.5 Å². The zero-order valence-corrected chi connectivity index (χ0v) is 13.3. The van der Waals surface area contributed by atoms with Crippen molar-refractivity contribution in [3.63, 3.8) is 0 Å². The van der Waals surface area contributed by atoms with Gasteiger partial charge in [0.15, 0.2) is 11.3 Å². The Labute approximate surface area is 129 Å². The van der Waals surface area contributed by atoms with Crippen LogP contribution in [-0.4, -0.2) is 14.7 Å². The molecule has 0 saturated carbocycles. The normalized spacial score (nSPS) is 15.7. The minimum atomic E-state index is -0.262. The van der Waals surface area contributed by atoms with Crippen LogP contribution in [0.15, 0.2) is 39.4 Å². The van der Waals surface area contributed by atoms with Gasteiger partial charge in [0.2, 0.25) is 0 Å². The van der Waals surface area contributed by atoms with Crippen molar-refractivity contribution in [1.82, 2.24) is 14.7 Å². The highest BCUT2D eigenvalue weighted by atomic mass is 16.5. The molecule has 2 aromatic rings. The van der Waals surface area contributed by atoms with Gasteiger partial charge in [0, 0.05) is 30.9 Å². The molecule has 0 bridgehead atoms. The molecular formula is C17H21N3O2. The second-order valence-electron chi connectivity index (χ2n) is 6.41. The van der Waals surface area contributed by atoms with Gasteiger partial charge in [-0.25, -0.2) is 0 Å². The fourth-order valence-corrected chi connectivity index (χ4v) is 2.88. The highest BCUT2D eigenvalue weighted by Gasteiger charge is 2.31. The molecule has 0 unspecified atom stereocenters. The summed E-state index contributed by atoms with van der Waals surface area (Å²) in [5.74, 6) is 0.933. The van der Waals surface area contributed by atoms with Crippen molar-refractivity contribution in [2.24, 2.45) is 7.05 Å². The number of aryl methyl sites for hydroxylation is 1. The molecule has 0 spiro atoms. The van der Waals surface area contributed by atoms with Gasteiger partial charge in [-0.3, -0.25) is 4.79 Å². The van der Waals surface area contributed by atoms with Crippen LogP contribution in [-0.2, 0) is 12.5 Å².